The Hall–Kier alpha value is -4.58. The van der Waals surface area contributed by atoms with Crippen molar-refractivity contribution >= 4 is 17.8 Å². The molecular weight excluding hydrogens is 623 g/mol. The van der Waals surface area contributed by atoms with E-state index < -0.39 is 24.9 Å². The third-order valence-electron chi connectivity index (χ3n) is 8.57. The van der Waals surface area contributed by atoms with Crippen molar-refractivity contribution in [3.8, 4) is 11.5 Å². The summed E-state index contributed by atoms with van der Waals surface area (Å²) in [6, 6.07) is 19.5. The number of phenols is 1. The Balaban J connectivity index is 1.59. The Morgan fingerprint density at radius 3 is 2.21 bits per heavy atom. The van der Waals surface area contributed by atoms with Crippen molar-refractivity contribution in [1.82, 2.24) is 20.0 Å². The van der Waals surface area contributed by atoms with E-state index in [1.165, 1.54) is 6.92 Å². The summed E-state index contributed by atoms with van der Waals surface area (Å²) >= 11 is 0. The van der Waals surface area contributed by atoms with E-state index in [0.717, 1.165) is 11.1 Å². The Kier molecular flexibility index (Phi) is 10.3. The fraction of sp³-hybridized carbons (Fsp3) is 0.417. The molecule has 5 rings (SSSR count). The highest BCUT2D eigenvalue weighted by molar-refractivity contribution is 6.11. The number of benzene rings is 3. The number of nitrogens with one attached hydrogen (secondary N) is 1. The first kappa shape index (κ1) is 34.7. The molecule has 1 saturated heterocycles. The Morgan fingerprint density at radius 1 is 0.938 bits per heavy atom. The van der Waals surface area contributed by atoms with Gasteiger partial charge in [-0.05, 0) is 46.4 Å². The molecule has 2 N–H and O–H groups in total. The fourth-order valence-corrected chi connectivity index (χ4v) is 6.01. The number of alkyl halides is 3. The highest BCUT2D eigenvalue weighted by Crippen LogP contribution is 2.46. The highest BCUT2D eigenvalue weighted by Gasteiger charge is 2.45. The minimum atomic E-state index is -4.58. The van der Waals surface area contributed by atoms with Gasteiger partial charge in [0.05, 0.1) is 11.6 Å². The van der Waals surface area contributed by atoms with Crippen LogP contribution in [-0.4, -0.2) is 89.6 Å². The van der Waals surface area contributed by atoms with Gasteiger partial charge in [0.1, 0.15) is 23.4 Å². The molecule has 2 aliphatic rings. The van der Waals surface area contributed by atoms with E-state index in [2.05, 4.69) is 10.2 Å². The van der Waals surface area contributed by atoms with Crippen molar-refractivity contribution in [2.45, 2.75) is 51.4 Å². The fourth-order valence-electron chi connectivity index (χ4n) is 6.01. The van der Waals surface area contributed by atoms with Gasteiger partial charge >= 0.3 is 12.2 Å². The van der Waals surface area contributed by atoms with Crippen LogP contribution in [0.1, 0.15) is 62.0 Å². The van der Waals surface area contributed by atoms with Gasteiger partial charge in [0.2, 0.25) is 5.91 Å². The van der Waals surface area contributed by atoms with Crippen molar-refractivity contribution in [2.75, 3.05) is 45.9 Å². The lowest BCUT2D eigenvalue weighted by atomic mass is 9.86. The first-order valence-corrected chi connectivity index (χ1v) is 16.0. The smallest absolute Gasteiger partial charge is 0.422 e. The summed E-state index contributed by atoms with van der Waals surface area (Å²) in [4.78, 5) is 36.6. The second kappa shape index (κ2) is 14.3. The third-order valence-corrected chi connectivity index (χ3v) is 8.57. The number of phenolic OH excluding ortho intramolecular Hbond substituents is 1. The van der Waals surface area contributed by atoms with Gasteiger partial charge in [-0.1, -0.05) is 69.3 Å². The topological polar surface area (TPSA) is 97.7 Å². The maximum atomic E-state index is 14.7. The number of nitrogens with zero attached hydrogens (tertiary/aromatic N) is 4. The molecule has 0 aliphatic carbocycles. The Labute approximate surface area is 279 Å². The predicted molar refractivity (Wildman–Crippen MR) is 177 cm³/mol. The molecule has 0 spiro atoms. The van der Waals surface area contributed by atoms with Crippen molar-refractivity contribution in [3.05, 3.63) is 95.1 Å². The summed E-state index contributed by atoms with van der Waals surface area (Å²) in [6.45, 7) is 8.96. The van der Waals surface area contributed by atoms with Crippen LogP contribution in [0, 0.1) is 0 Å². The standard InChI is InChI=1S/C36H42F3N5O4/c1-24(45)40-16-17-42-18-20-43(21-19-42)34(47)44-32(26-10-13-28(46)14-11-26)31(25-8-6-5-7-9-25)41-33(44)29-15-12-27(35(2,3)4)22-30(29)48-23-36(37,38)39/h5-15,22,31-32,46H,16-21,23H2,1-4H3,(H,40,45). The molecule has 3 aromatic rings. The summed E-state index contributed by atoms with van der Waals surface area (Å²) in [5.41, 5.74) is 2.17. The maximum Gasteiger partial charge on any atom is 0.422 e. The largest absolute Gasteiger partial charge is 0.508 e. The molecule has 0 aromatic heterocycles. The number of carbonyl (C=O) groups is 2. The van der Waals surface area contributed by atoms with E-state index in [9.17, 15) is 27.9 Å². The van der Waals surface area contributed by atoms with Crippen LogP contribution in [0.15, 0.2) is 77.8 Å². The second-order valence-corrected chi connectivity index (χ2v) is 13.2. The van der Waals surface area contributed by atoms with Crippen molar-refractivity contribution in [3.63, 3.8) is 0 Å². The minimum Gasteiger partial charge on any atom is -0.508 e. The Bertz CT molecular complexity index is 1620. The molecular formula is C36H42F3N5O4. The number of aliphatic imine (C=N–C) groups is 1. The van der Waals surface area contributed by atoms with Crippen LogP contribution in [0.4, 0.5) is 18.0 Å². The molecule has 3 amide bonds. The monoisotopic (exact) mass is 665 g/mol. The SMILES string of the molecule is CC(=O)NCCN1CCN(C(=O)N2C(c3ccc(C(C)(C)C)cc3OCC(F)(F)F)=NC(c3ccccc3)C2c2ccc(O)cc2)CC1. The quantitative estimate of drug-likeness (QED) is 0.306. The van der Waals surface area contributed by atoms with Crippen LogP contribution >= 0.6 is 0 Å². The summed E-state index contributed by atoms with van der Waals surface area (Å²) < 4.78 is 46.0. The third kappa shape index (κ3) is 8.28. The molecule has 1 fully saturated rings. The molecule has 12 heteroatoms. The number of amides is 3. The van der Waals surface area contributed by atoms with Crippen molar-refractivity contribution < 1.29 is 32.6 Å². The van der Waals surface area contributed by atoms with Crippen LogP contribution in [0.25, 0.3) is 0 Å². The van der Waals surface area contributed by atoms with Gasteiger partial charge in [-0.25, -0.2) is 4.79 Å². The molecule has 2 unspecified atom stereocenters. The van der Waals surface area contributed by atoms with Crippen molar-refractivity contribution in [2.24, 2.45) is 4.99 Å². The lowest BCUT2D eigenvalue weighted by molar-refractivity contribution is -0.153. The van der Waals surface area contributed by atoms with Gasteiger partial charge in [-0.2, -0.15) is 13.2 Å². The first-order valence-electron chi connectivity index (χ1n) is 16.0. The van der Waals surface area contributed by atoms with E-state index in [-0.39, 0.29) is 40.3 Å². The number of hydrogen-bond acceptors (Lipinski definition) is 6. The minimum absolute atomic E-state index is 0.0164. The molecule has 0 bridgehead atoms. The number of rotatable bonds is 8. The maximum absolute atomic E-state index is 14.7. The zero-order valence-electron chi connectivity index (χ0n) is 27.6. The van der Waals surface area contributed by atoms with E-state index >= 15 is 0 Å². The number of halogens is 3. The summed E-state index contributed by atoms with van der Waals surface area (Å²) in [7, 11) is 0. The van der Waals surface area contributed by atoms with Gasteiger partial charge in [0, 0.05) is 46.2 Å². The number of hydrogen-bond donors (Lipinski definition) is 2. The van der Waals surface area contributed by atoms with Gasteiger partial charge in [-0.15, -0.1) is 0 Å². The highest BCUT2D eigenvalue weighted by atomic mass is 19.4. The molecule has 256 valence electrons. The van der Waals surface area contributed by atoms with Crippen LogP contribution in [0.5, 0.6) is 11.5 Å². The number of amidine groups is 1. The lowest BCUT2D eigenvalue weighted by Crippen LogP contribution is -2.54. The predicted octanol–water partition coefficient (Wildman–Crippen LogP) is 6.05. The van der Waals surface area contributed by atoms with Gasteiger partial charge in [-0.3, -0.25) is 19.6 Å². The summed E-state index contributed by atoms with van der Waals surface area (Å²) in [5.74, 6) is 0.143. The number of aromatic hydroxyl groups is 1. The van der Waals surface area contributed by atoms with E-state index in [4.69, 9.17) is 9.73 Å². The molecule has 2 atom stereocenters. The van der Waals surface area contributed by atoms with Crippen LogP contribution in [0.2, 0.25) is 0 Å². The molecule has 2 heterocycles. The lowest BCUT2D eigenvalue weighted by Gasteiger charge is -2.39. The molecule has 0 saturated carbocycles. The zero-order chi connectivity index (χ0) is 34.6. The van der Waals surface area contributed by atoms with Crippen LogP contribution < -0.4 is 10.1 Å². The zero-order valence-corrected chi connectivity index (χ0v) is 27.6. The molecule has 0 radical (unpaired) electrons. The van der Waals surface area contributed by atoms with E-state index in [0.29, 0.717) is 44.8 Å². The molecule has 48 heavy (non-hydrogen) atoms. The summed E-state index contributed by atoms with van der Waals surface area (Å²) in [6.07, 6.45) is -4.58. The van der Waals surface area contributed by atoms with Crippen LogP contribution in [0.3, 0.4) is 0 Å². The number of carbonyl (C=O) groups excluding carboxylic acids is 2. The van der Waals surface area contributed by atoms with Crippen LogP contribution in [-0.2, 0) is 10.2 Å². The molecule has 2 aliphatic heterocycles. The van der Waals surface area contributed by atoms with Gasteiger partial charge in [0.15, 0.2) is 6.61 Å². The number of piperazine rings is 1. The van der Waals surface area contributed by atoms with E-state index in [1.54, 1.807) is 46.2 Å². The molecule has 9 nitrogen and oxygen atoms in total. The van der Waals surface area contributed by atoms with Gasteiger partial charge in [0.25, 0.3) is 0 Å². The van der Waals surface area contributed by atoms with E-state index in [1.807, 2.05) is 57.2 Å². The van der Waals surface area contributed by atoms with Gasteiger partial charge < -0.3 is 20.1 Å². The average Bonchev–Trinajstić information content (AvgIpc) is 3.44. The Morgan fingerprint density at radius 2 is 1.60 bits per heavy atom. The molecule has 3 aromatic carbocycles. The first-order chi connectivity index (χ1) is 22.7. The average molecular weight is 666 g/mol. The summed E-state index contributed by atoms with van der Waals surface area (Å²) in [5, 5.41) is 12.9. The normalized spacial score (nSPS) is 18.9. The van der Waals surface area contributed by atoms with Crippen molar-refractivity contribution in [1.29, 1.82) is 0 Å². The number of urea groups is 1. The second-order valence-electron chi connectivity index (χ2n) is 13.2. The number of ether oxygens (including phenoxy) is 1.